The molecule has 2 heterocycles. The molecule has 0 spiro atoms. The molecular formula is C16H10BrN3OS2. The van der Waals surface area contributed by atoms with Crippen LogP contribution in [0.25, 0.3) is 21.7 Å². The third kappa shape index (κ3) is 3.31. The summed E-state index contributed by atoms with van der Waals surface area (Å²) in [5.41, 5.74) is 1.94. The molecule has 2 aromatic carbocycles. The molecule has 0 N–H and O–H groups in total. The van der Waals surface area contributed by atoms with Crippen molar-refractivity contribution in [2.24, 2.45) is 0 Å². The average molecular weight is 404 g/mol. The number of thioether (sulfide) groups is 1. The van der Waals surface area contributed by atoms with Crippen LogP contribution in [0.5, 0.6) is 0 Å². The van der Waals surface area contributed by atoms with Crippen LogP contribution in [-0.2, 0) is 5.75 Å². The van der Waals surface area contributed by atoms with Gasteiger partial charge in [0.2, 0.25) is 11.8 Å². The highest BCUT2D eigenvalue weighted by molar-refractivity contribution is 9.10. The molecule has 2 aromatic heterocycles. The first-order valence-corrected chi connectivity index (χ1v) is 9.44. The SMILES string of the molecule is Brc1ccc(-c2nnc(CSc3nc4ccccc4s3)o2)cc1. The van der Waals surface area contributed by atoms with Gasteiger partial charge < -0.3 is 4.42 Å². The highest BCUT2D eigenvalue weighted by Gasteiger charge is 2.10. The maximum Gasteiger partial charge on any atom is 0.247 e. The van der Waals surface area contributed by atoms with Crippen molar-refractivity contribution in [3.8, 4) is 11.5 Å². The van der Waals surface area contributed by atoms with Gasteiger partial charge in [0.05, 0.1) is 16.0 Å². The van der Waals surface area contributed by atoms with Crippen LogP contribution in [0.2, 0.25) is 0 Å². The summed E-state index contributed by atoms with van der Waals surface area (Å²) in [6.45, 7) is 0. The van der Waals surface area contributed by atoms with Crippen molar-refractivity contribution < 1.29 is 4.42 Å². The summed E-state index contributed by atoms with van der Waals surface area (Å²) in [5, 5.41) is 8.22. The van der Waals surface area contributed by atoms with E-state index in [-0.39, 0.29) is 0 Å². The largest absolute Gasteiger partial charge is 0.420 e. The molecule has 23 heavy (non-hydrogen) atoms. The molecule has 7 heteroatoms. The first kappa shape index (κ1) is 14.9. The second kappa shape index (κ2) is 6.43. The lowest BCUT2D eigenvalue weighted by atomic mass is 10.2. The van der Waals surface area contributed by atoms with E-state index in [2.05, 4.69) is 37.2 Å². The van der Waals surface area contributed by atoms with Crippen LogP contribution in [0.3, 0.4) is 0 Å². The van der Waals surface area contributed by atoms with Gasteiger partial charge >= 0.3 is 0 Å². The number of hydrogen-bond donors (Lipinski definition) is 0. The van der Waals surface area contributed by atoms with Crippen LogP contribution in [0.15, 0.2) is 61.8 Å². The van der Waals surface area contributed by atoms with Gasteiger partial charge in [-0.3, -0.25) is 0 Å². The fourth-order valence-electron chi connectivity index (χ4n) is 2.06. The zero-order valence-corrected chi connectivity index (χ0v) is 15.0. The molecule has 0 aliphatic carbocycles. The van der Waals surface area contributed by atoms with Gasteiger partial charge in [0.25, 0.3) is 0 Å². The molecule has 0 aliphatic heterocycles. The van der Waals surface area contributed by atoms with E-state index in [4.69, 9.17) is 4.42 Å². The average Bonchev–Trinajstić information content (AvgIpc) is 3.20. The number of para-hydroxylation sites is 1. The Hall–Kier alpha value is -1.70. The Labute approximate surface area is 149 Å². The lowest BCUT2D eigenvalue weighted by Crippen LogP contribution is -1.79. The highest BCUT2D eigenvalue weighted by Crippen LogP contribution is 2.31. The molecule has 0 amide bonds. The topological polar surface area (TPSA) is 51.8 Å². The minimum absolute atomic E-state index is 0.539. The second-order valence-electron chi connectivity index (χ2n) is 4.74. The number of nitrogens with zero attached hydrogens (tertiary/aromatic N) is 3. The fourth-order valence-corrected chi connectivity index (χ4v) is 4.23. The Kier molecular flexibility index (Phi) is 4.15. The standard InChI is InChI=1S/C16H10BrN3OS2/c17-11-7-5-10(6-8-11)15-20-19-14(21-15)9-22-16-18-12-3-1-2-4-13(12)23-16/h1-8H,9H2. The van der Waals surface area contributed by atoms with Crippen molar-refractivity contribution in [2.45, 2.75) is 10.1 Å². The molecule has 0 saturated heterocycles. The number of aromatic nitrogens is 3. The Morgan fingerprint density at radius 3 is 2.70 bits per heavy atom. The van der Waals surface area contributed by atoms with Gasteiger partial charge in [-0.25, -0.2) is 4.98 Å². The first-order chi connectivity index (χ1) is 11.3. The first-order valence-electron chi connectivity index (χ1n) is 6.84. The predicted molar refractivity (Wildman–Crippen MR) is 96.6 cm³/mol. The van der Waals surface area contributed by atoms with Crippen LogP contribution in [0, 0.1) is 0 Å². The van der Waals surface area contributed by atoms with Crippen molar-refractivity contribution >= 4 is 49.2 Å². The number of hydrogen-bond acceptors (Lipinski definition) is 6. The smallest absolute Gasteiger partial charge is 0.247 e. The summed E-state index contributed by atoms with van der Waals surface area (Å²) < 4.78 is 8.94. The van der Waals surface area contributed by atoms with Crippen LogP contribution in [-0.4, -0.2) is 15.2 Å². The van der Waals surface area contributed by atoms with Gasteiger partial charge in [-0.05, 0) is 36.4 Å². The van der Waals surface area contributed by atoms with Gasteiger partial charge in [0, 0.05) is 10.0 Å². The number of fused-ring (bicyclic) bond motifs is 1. The number of benzene rings is 2. The Bertz CT molecular complexity index is 916. The van der Waals surface area contributed by atoms with Crippen molar-refractivity contribution in [1.82, 2.24) is 15.2 Å². The summed E-state index contributed by atoms with van der Waals surface area (Å²) in [4.78, 5) is 4.59. The number of halogens is 1. The van der Waals surface area contributed by atoms with Gasteiger partial charge in [0.15, 0.2) is 4.34 Å². The zero-order valence-electron chi connectivity index (χ0n) is 11.8. The van der Waals surface area contributed by atoms with E-state index >= 15 is 0 Å². The summed E-state index contributed by atoms with van der Waals surface area (Å²) in [6, 6.07) is 15.9. The van der Waals surface area contributed by atoms with Crippen molar-refractivity contribution in [2.75, 3.05) is 0 Å². The maximum atomic E-state index is 5.72. The molecule has 0 aliphatic rings. The number of thiazole rings is 1. The molecule has 0 atom stereocenters. The van der Waals surface area contributed by atoms with E-state index in [1.807, 2.05) is 42.5 Å². The van der Waals surface area contributed by atoms with Gasteiger partial charge in [0.1, 0.15) is 0 Å². The monoisotopic (exact) mass is 403 g/mol. The molecule has 0 radical (unpaired) electrons. The summed E-state index contributed by atoms with van der Waals surface area (Å²) in [6.07, 6.45) is 0. The van der Waals surface area contributed by atoms with E-state index in [1.165, 1.54) is 4.70 Å². The van der Waals surface area contributed by atoms with Gasteiger partial charge in [-0.1, -0.05) is 39.8 Å². The Morgan fingerprint density at radius 1 is 1.04 bits per heavy atom. The van der Waals surface area contributed by atoms with E-state index in [0.717, 1.165) is 19.9 Å². The van der Waals surface area contributed by atoms with Crippen LogP contribution >= 0.6 is 39.0 Å². The highest BCUT2D eigenvalue weighted by atomic mass is 79.9. The van der Waals surface area contributed by atoms with Crippen molar-refractivity contribution in [1.29, 1.82) is 0 Å². The third-order valence-electron chi connectivity index (χ3n) is 3.15. The fraction of sp³-hybridized carbons (Fsp3) is 0.0625. The Morgan fingerprint density at radius 2 is 1.87 bits per heavy atom. The lowest BCUT2D eigenvalue weighted by Gasteiger charge is -1.94. The summed E-state index contributed by atoms with van der Waals surface area (Å²) in [7, 11) is 0. The molecule has 4 rings (SSSR count). The maximum absolute atomic E-state index is 5.72. The van der Waals surface area contributed by atoms with E-state index in [9.17, 15) is 0 Å². The molecule has 4 nitrogen and oxygen atoms in total. The van der Waals surface area contributed by atoms with Crippen molar-refractivity contribution in [3.05, 3.63) is 58.9 Å². The molecule has 0 saturated carbocycles. The Balaban J connectivity index is 1.48. The lowest BCUT2D eigenvalue weighted by molar-refractivity contribution is 0.528. The minimum atomic E-state index is 0.539. The zero-order chi connectivity index (χ0) is 15.6. The minimum Gasteiger partial charge on any atom is -0.420 e. The quantitative estimate of drug-likeness (QED) is 0.426. The normalized spacial score (nSPS) is 11.2. The summed E-state index contributed by atoms with van der Waals surface area (Å²) in [5.74, 6) is 1.76. The second-order valence-corrected chi connectivity index (χ2v) is 7.91. The molecule has 0 fully saturated rings. The molecule has 114 valence electrons. The molecular weight excluding hydrogens is 394 g/mol. The molecule has 4 aromatic rings. The van der Waals surface area contributed by atoms with Gasteiger partial charge in [-0.15, -0.1) is 21.5 Å². The van der Waals surface area contributed by atoms with Crippen LogP contribution in [0.1, 0.15) is 5.89 Å². The number of rotatable bonds is 4. The van der Waals surface area contributed by atoms with Gasteiger partial charge in [-0.2, -0.15) is 0 Å². The summed E-state index contributed by atoms with van der Waals surface area (Å²) >= 11 is 6.70. The van der Waals surface area contributed by atoms with Crippen LogP contribution in [0.4, 0.5) is 0 Å². The van der Waals surface area contributed by atoms with E-state index in [1.54, 1.807) is 23.1 Å². The van der Waals surface area contributed by atoms with E-state index < -0.39 is 0 Å². The van der Waals surface area contributed by atoms with E-state index in [0.29, 0.717) is 17.5 Å². The molecule has 0 bridgehead atoms. The predicted octanol–water partition coefficient (Wildman–Crippen LogP) is 5.40. The molecule has 0 unspecified atom stereocenters. The third-order valence-corrected chi connectivity index (χ3v) is 5.84. The van der Waals surface area contributed by atoms with Crippen molar-refractivity contribution in [3.63, 3.8) is 0 Å². The van der Waals surface area contributed by atoms with Crippen LogP contribution < -0.4 is 0 Å².